The molecule has 0 aromatic heterocycles. The summed E-state index contributed by atoms with van der Waals surface area (Å²) < 4.78 is 0. The summed E-state index contributed by atoms with van der Waals surface area (Å²) in [6, 6.07) is 0. The van der Waals surface area contributed by atoms with Crippen LogP contribution in [0.2, 0.25) is 0 Å². The number of hydrogen-bond donors (Lipinski definition) is 0. The molecular weight excluding hydrogens is 228 g/mol. The normalized spacial score (nSPS) is 4.50. The molecule has 1 radical (unpaired) electrons. The standard InChI is InChI=1S/C2H6N.Os/c1-3-2;/h1-2H3;/q-1;+1. The van der Waals surface area contributed by atoms with Crippen LogP contribution in [0.3, 0.4) is 0 Å². The van der Waals surface area contributed by atoms with Gasteiger partial charge in [0.15, 0.2) is 0 Å². The van der Waals surface area contributed by atoms with Gasteiger partial charge in [-0.15, -0.1) is 0 Å². The number of nitrogens with zero attached hydrogens (tertiary/aromatic N) is 1. The van der Waals surface area contributed by atoms with Crippen LogP contribution in [0.25, 0.3) is 5.32 Å². The predicted molar refractivity (Wildman–Crippen MR) is 15.2 cm³/mol. The summed E-state index contributed by atoms with van der Waals surface area (Å²) in [6.45, 7) is 0. The molecule has 0 amide bonds. The first-order chi connectivity index (χ1) is 1.41. The predicted octanol–water partition coefficient (Wildman–Crippen LogP) is 0.617. The molecule has 0 N–H and O–H groups in total. The van der Waals surface area contributed by atoms with Gasteiger partial charge in [-0.05, 0) is 0 Å². The fraction of sp³-hybridized carbons (Fsp3) is 1.00. The molecule has 0 atom stereocenters. The smallest absolute Gasteiger partial charge is 0.668 e. The van der Waals surface area contributed by atoms with Gasteiger partial charge >= 0.3 is 19.8 Å². The van der Waals surface area contributed by atoms with E-state index in [0.717, 1.165) is 0 Å². The molecule has 4 heavy (non-hydrogen) atoms. The second kappa shape index (κ2) is 9.51. The maximum atomic E-state index is 3.50. The Morgan fingerprint density at radius 3 is 1.25 bits per heavy atom. The minimum Gasteiger partial charge on any atom is -0.668 e. The Bertz CT molecular complexity index is 6.00. The van der Waals surface area contributed by atoms with Crippen molar-refractivity contribution in [3.8, 4) is 0 Å². The Morgan fingerprint density at radius 1 is 1.25 bits per heavy atom. The molecule has 27 valence electrons. The van der Waals surface area contributed by atoms with Crippen molar-refractivity contribution >= 4 is 0 Å². The third kappa shape index (κ3) is 18.6. The minimum atomic E-state index is 0. The Labute approximate surface area is 39.8 Å². The molecule has 0 aliphatic carbocycles. The van der Waals surface area contributed by atoms with Crippen LogP contribution in [-0.2, 0) is 19.8 Å². The molecule has 0 fully saturated rings. The summed E-state index contributed by atoms with van der Waals surface area (Å²) in [6.07, 6.45) is 0. The van der Waals surface area contributed by atoms with Crippen LogP contribution in [0, 0.1) is 0 Å². The quantitative estimate of drug-likeness (QED) is 0.583. The molecule has 1 nitrogen and oxygen atoms in total. The zero-order valence-corrected chi connectivity index (χ0v) is 5.34. The van der Waals surface area contributed by atoms with Crippen LogP contribution in [0.1, 0.15) is 0 Å². The summed E-state index contributed by atoms with van der Waals surface area (Å²) in [5, 5.41) is 3.50. The van der Waals surface area contributed by atoms with Crippen LogP contribution in [0.5, 0.6) is 0 Å². The molecule has 0 bridgehead atoms. The summed E-state index contributed by atoms with van der Waals surface area (Å²) >= 11 is 0. The Hall–Kier alpha value is 0.596. The zero-order valence-electron chi connectivity index (χ0n) is 2.80. The summed E-state index contributed by atoms with van der Waals surface area (Å²) in [5.74, 6) is 0. The molecule has 0 aromatic carbocycles. The van der Waals surface area contributed by atoms with Gasteiger partial charge in [0.05, 0.1) is 0 Å². The van der Waals surface area contributed by atoms with Gasteiger partial charge in [-0.25, -0.2) is 0 Å². The third-order valence-electron chi connectivity index (χ3n) is 0. The van der Waals surface area contributed by atoms with Gasteiger partial charge in [0.1, 0.15) is 0 Å². The number of hydrogen-bond acceptors (Lipinski definition) is 0. The largest absolute Gasteiger partial charge is 1.00 e. The van der Waals surface area contributed by atoms with Crippen LogP contribution >= 0.6 is 0 Å². The van der Waals surface area contributed by atoms with Crippen molar-refractivity contribution in [2.75, 3.05) is 14.1 Å². The first-order valence-electron chi connectivity index (χ1n) is 0.894. The SMILES string of the molecule is C[N-]C.[Os+]. The van der Waals surface area contributed by atoms with Crippen LogP contribution in [0.4, 0.5) is 0 Å². The maximum Gasteiger partial charge on any atom is 1.00 e. The van der Waals surface area contributed by atoms with Crippen molar-refractivity contribution < 1.29 is 19.8 Å². The average molecular weight is 234 g/mol. The molecule has 0 saturated heterocycles. The van der Waals surface area contributed by atoms with Gasteiger partial charge in [0.2, 0.25) is 0 Å². The van der Waals surface area contributed by atoms with Crippen molar-refractivity contribution in [2.45, 2.75) is 0 Å². The molecular formula is C2H6NOs. The Balaban J connectivity index is 0. The molecule has 0 heterocycles. The first kappa shape index (κ1) is 8.82. The molecule has 0 aromatic rings. The minimum absolute atomic E-state index is 0. The molecule has 0 saturated carbocycles. The van der Waals surface area contributed by atoms with E-state index in [2.05, 4.69) is 5.32 Å². The van der Waals surface area contributed by atoms with Gasteiger partial charge in [0.25, 0.3) is 0 Å². The van der Waals surface area contributed by atoms with E-state index in [4.69, 9.17) is 0 Å². The van der Waals surface area contributed by atoms with Crippen molar-refractivity contribution in [1.82, 2.24) is 0 Å². The van der Waals surface area contributed by atoms with E-state index in [1.165, 1.54) is 0 Å². The summed E-state index contributed by atoms with van der Waals surface area (Å²) in [7, 11) is 3.50. The zero-order chi connectivity index (χ0) is 2.71. The monoisotopic (exact) mass is 236 g/mol. The van der Waals surface area contributed by atoms with Crippen LogP contribution < -0.4 is 0 Å². The van der Waals surface area contributed by atoms with Crippen LogP contribution in [-0.4, -0.2) is 14.1 Å². The van der Waals surface area contributed by atoms with E-state index >= 15 is 0 Å². The second-order valence-electron chi connectivity index (χ2n) is 0.447. The van der Waals surface area contributed by atoms with E-state index in [1.807, 2.05) is 0 Å². The molecule has 0 spiro atoms. The molecule has 2 heteroatoms. The molecule has 0 aliphatic rings. The Kier molecular flexibility index (Phi) is 21.0. The average Bonchev–Trinajstić information content (AvgIpc) is 0.918. The van der Waals surface area contributed by atoms with Crippen LogP contribution in [0.15, 0.2) is 0 Å². The van der Waals surface area contributed by atoms with Crippen molar-refractivity contribution in [1.29, 1.82) is 0 Å². The fourth-order valence-corrected chi connectivity index (χ4v) is 0. The molecule has 0 rings (SSSR count). The third-order valence-corrected chi connectivity index (χ3v) is 0. The summed E-state index contributed by atoms with van der Waals surface area (Å²) in [4.78, 5) is 0. The van der Waals surface area contributed by atoms with E-state index in [9.17, 15) is 0 Å². The van der Waals surface area contributed by atoms with E-state index in [-0.39, 0.29) is 19.8 Å². The van der Waals surface area contributed by atoms with E-state index < -0.39 is 0 Å². The fourth-order valence-electron chi connectivity index (χ4n) is 0. The van der Waals surface area contributed by atoms with E-state index in [0.29, 0.717) is 0 Å². The van der Waals surface area contributed by atoms with E-state index in [1.54, 1.807) is 14.1 Å². The summed E-state index contributed by atoms with van der Waals surface area (Å²) in [5.41, 5.74) is 0. The Morgan fingerprint density at radius 2 is 1.25 bits per heavy atom. The van der Waals surface area contributed by atoms with Crippen molar-refractivity contribution in [2.24, 2.45) is 0 Å². The van der Waals surface area contributed by atoms with Gasteiger partial charge in [-0.3, -0.25) is 0 Å². The first-order valence-corrected chi connectivity index (χ1v) is 0.894. The maximum absolute atomic E-state index is 3.50. The molecule has 0 unspecified atom stereocenters. The van der Waals surface area contributed by atoms with Crippen molar-refractivity contribution in [3.63, 3.8) is 0 Å². The van der Waals surface area contributed by atoms with Crippen molar-refractivity contribution in [3.05, 3.63) is 5.32 Å². The second-order valence-corrected chi connectivity index (χ2v) is 0.447. The van der Waals surface area contributed by atoms with Gasteiger partial charge in [-0.1, -0.05) is 0 Å². The molecule has 0 aliphatic heterocycles. The topological polar surface area (TPSA) is 14.1 Å². The van der Waals surface area contributed by atoms with Gasteiger partial charge in [0, 0.05) is 0 Å². The van der Waals surface area contributed by atoms with Gasteiger partial charge < -0.3 is 5.32 Å². The number of rotatable bonds is 0. The van der Waals surface area contributed by atoms with Gasteiger partial charge in [-0.2, -0.15) is 14.1 Å².